The summed E-state index contributed by atoms with van der Waals surface area (Å²) in [5.74, 6) is 0.129. The maximum Gasteiger partial charge on any atom is 0.265 e. The van der Waals surface area contributed by atoms with E-state index in [9.17, 15) is 13.2 Å². The lowest BCUT2D eigenvalue weighted by molar-refractivity contribution is -0.140. The van der Waals surface area contributed by atoms with Crippen molar-refractivity contribution in [3.8, 4) is 0 Å². The molecule has 6 heteroatoms. The van der Waals surface area contributed by atoms with Gasteiger partial charge in [0.25, 0.3) is 5.91 Å². The summed E-state index contributed by atoms with van der Waals surface area (Å²) in [6.07, 6.45) is 5.36. The molecule has 0 aromatic rings. The Balaban J connectivity index is 1.94. The van der Waals surface area contributed by atoms with Crippen molar-refractivity contribution in [2.75, 3.05) is 12.4 Å². The second-order valence-electron chi connectivity index (χ2n) is 7.89. The first kappa shape index (κ1) is 17.7. The molecule has 134 valence electrons. The van der Waals surface area contributed by atoms with Gasteiger partial charge in [0, 0.05) is 11.8 Å². The lowest BCUT2D eigenvalue weighted by Crippen LogP contribution is -2.48. The number of carbonyl (C=O) groups excluding carboxylic acids is 1. The van der Waals surface area contributed by atoms with Gasteiger partial charge in [-0.25, -0.2) is 12.7 Å². The molecule has 2 aliphatic carbocycles. The monoisotopic (exact) mass is 353 g/mol. The number of sulfonamides is 1. The zero-order valence-corrected chi connectivity index (χ0v) is 15.3. The van der Waals surface area contributed by atoms with Crippen LogP contribution in [0.2, 0.25) is 0 Å². The highest BCUT2D eigenvalue weighted by Gasteiger charge is 2.72. The summed E-state index contributed by atoms with van der Waals surface area (Å²) in [5.41, 5.74) is -0.348. The van der Waals surface area contributed by atoms with Gasteiger partial charge >= 0.3 is 0 Å². The van der Waals surface area contributed by atoms with Crippen LogP contribution < -0.4 is 0 Å². The SMILES string of the molecule is C=CCO[C@@H](CC=C)C(=O)N1[C@@H]2C[C@H]3CC[C@]2(CS1(=O)=O)C3(C)C. The fourth-order valence-corrected chi connectivity index (χ4v) is 7.86. The Hall–Kier alpha value is -1.14. The van der Waals surface area contributed by atoms with Crippen LogP contribution in [0, 0.1) is 16.7 Å². The number of carbonyl (C=O) groups is 1. The minimum Gasteiger partial charge on any atom is -0.364 e. The summed E-state index contributed by atoms with van der Waals surface area (Å²) in [4.78, 5) is 13.0. The van der Waals surface area contributed by atoms with Crippen molar-refractivity contribution in [1.29, 1.82) is 0 Å². The minimum atomic E-state index is -3.61. The van der Waals surface area contributed by atoms with Crippen LogP contribution in [0.5, 0.6) is 0 Å². The highest BCUT2D eigenvalue weighted by molar-refractivity contribution is 7.90. The van der Waals surface area contributed by atoms with Crippen LogP contribution in [0.4, 0.5) is 0 Å². The molecule has 5 nitrogen and oxygen atoms in total. The molecule has 1 heterocycles. The molecule has 1 aliphatic heterocycles. The number of nitrogens with zero attached hydrogens (tertiary/aromatic N) is 1. The van der Waals surface area contributed by atoms with Gasteiger partial charge in [0.2, 0.25) is 10.0 Å². The zero-order valence-electron chi connectivity index (χ0n) is 14.5. The number of fused-ring (bicyclic) bond motifs is 1. The summed E-state index contributed by atoms with van der Waals surface area (Å²) in [5, 5.41) is 0. The largest absolute Gasteiger partial charge is 0.364 e. The van der Waals surface area contributed by atoms with Gasteiger partial charge < -0.3 is 4.74 Å². The van der Waals surface area contributed by atoms with Gasteiger partial charge in [-0.2, -0.15) is 0 Å². The third-order valence-corrected chi connectivity index (χ3v) is 8.61. The van der Waals surface area contributed by atoms with Crippen molar-refractivity contribution in [2.45, 2.75) is 51.7 Å². The van der Waals surface area contributed by atoms with E-state index >= 15 is 0 Å². The Kier molecular flexibility index (Phi) is 4.20. The number of hydrogen-bond donors (Lipinski definition) is 0. The molecular formula is C18H27NO4S. The summed E-state index contributed by atoms with van der Waals surface area (Å²) in [6, 6.07) is -0.219. The van der Waals surface area contributed by atoms with Gasteiger partial charge in [0.15, 0.2) is 0 Å². The van der Waals surface area contributed by atoms with E-state index in [1.807, 2.05) is 0 Å². The molecule has 1 spiro atoms. The average Bonchev–Trinajstić information content (AvgIpc) is 2.98. The maximum atomic E-state index is 13.0. The standard InChI is InChI=1S/C18H27NO4S/c1-5-7-14(23-10-6-2)16(20)19-15-11-13-8-9-18(15,17(13,3)4)12-24(19,21)22/h5-6,13-15H,1-2,7-12H2,3-4H3/t13-,14+,15-,18-/m1/s1. The minimum absolute atomic E-state index is 0.0460. The number of hydrogen-bond acceptors (Lipinski definition) is 4. The quantitative estimate of drug-likeness (QED) is 0.688. The molecule has 3 fully saturated rings. The molecule has 2 bridgehead atoms. The lowest BCUT2D eigenvalue weighted by atomic mass is 9.69. The Morgan fingerprint density at radius 2 is 2.08 bits per heavy atom. The Morgan fingerprint density at radius 1 is 1.38 bits per heavy atom. The molecule has 1 amide bonds. The molecule has 0 radical (unpaired) electrons. The van der Waals surface area contributed by atoms with Crippen molar-refractivity contribution < 1.29 is 17.9 Å². The van der Waals surface area contributed by atoms with Crippen LogP contribution in [0.15, 0.2) is 25.3 Å². The maximum absolute atomic E-state index is 13.0. The van der Waals surface area contributed by atoms with Crippen molar-refractivity contribution in [1.82, 2.24) is 4.31 Å². The van der Waals surface area contributed by atoms with E-state index in [2.05, 4.69) is 27.0 Å². The fraction of sp³-hybridized carbons (Fsp3) is 0.722. The summed E-state index contributed by atoms with van der Waals surface area (Å²) in [7, 11) is -3.61. The molecule has 2 saturated carbocycles. The highest BCUT2D eigenvalue weighted by Crippen LogP contribution is 2.70. The van der Waals surface area contributed by atoms with E-state index < -0.39 is 22.0 Å². The molecule has 0 unspecified atom stereocenters. The predicted molar refractivity (Wildman–Crippen MR) is 92.7 cm³/mol. The Labute approximate surface area is 144 Å². The van der Waals surface area contributed by atoms with Crippen molar-refractivity contribution >= 4 is 15.9 Å². The number of ether oxygens (including phenoxy) is 1. The molecule has 3 rings (SSSR count). The third kappa shape index (κ3) is 2.22. The third-order valence-electron chi connectivity index (χ3n) is 6.70. The van der Waals surface area contributed by atoms with Gasteiger partial charge in [-0.3, -0.25) is 4.79 Å². The van der Waals surface area contributed by atoms with Crippen LogP contribution in [0.3, 0.4) is 0 Å². The molecule has 0 aromatic carbocycles. The second kappa shape index (κ2) is 5.70. The van der Waals surface area contributed by atoms with Crippen LogP contribution in [0.1, 0.15) is 39.5 Å². The van der Waals surface area contributed by atoms with E-state index in [1.165, 1.54) is 4.31 Å². The van der Waals surface area contributed by atoms with Gasteiger partial charge in [0.05, 0.1) is 18.4 Å². The smallest absolute Gasteiger partial charge is 0.265 e. The first-order valence-corrected chi connectivity index (χ1v) is 10.2. The molecule has 4 atom stereocenters. The van der Waals surface area contributed by atoms with Gasteiger partial charge in [0.1, 0.15) is 6.10 Å². The second-order valence-corrected chi connectivity index (χ2v) is 9.74. The van der Waals surface area contributed by atoms with Crippen LogP contribution in [-0.2, 0) is 19.6 Å². The Morgan fingerprint density at radius 3 is 2.67 bits per heavy atom. The Bertz CT molecular complexity index is 669. The first-order chi connectivity index (χ1) is 11.2. The van der Waals surface area contributed by atoms with E-state index in [4.69, 9.17) is 4.74 Å². The number of amides is 1. The molecule has 1 saturated heterocycles. The van der Waals surface area contributed by atoms with Gasteiger partial charge in [-0.05, 0) is 30.6 Å². The average molecular weight is 353 g/mol. The van der Waals surface area contributed by atoms with E-state index in [0.29, 0.717) is 12.3 Å². The van der Waals surface area contributed by atoms with Crippen LogP contribution >= 0.6 is 0 Å². The van der Waals surface area contributed by atoms with Crippen molar-refractivity contribution in [2.24, 2.45) is 16.7 Å². The lowest BCUT2D eigenvalue weighted by Gasteiger charge is -2.37. The normalized spacial score (nSPS) is 36.3. The summed E-state index contributed by atoms with van der Waals surface area (Å²) < 4.78 is 32.5. The van der Waals surface area contributed by atoms with Crippen molar-refractivity contribution in [3.63, 3.8) is 0 Å². The molecule has 3 aliphatic rings. The summed E-state index contributed by atoms with van der Waals surface area (Å²) >= 11 is 0. The van der Waals surface area contributed by atoms with Crippen molar-refractivity contribution in [3.05, 3.63) is 25.3 Å². The first-order valence-electron chi connectivity index (χ1n) is 8.60. The predicted octanol–water partition coefficient (Wildman–Crippen LogP) is 2.50. The van der Waals surface area contributed by atoms with E-state index in [-0.39, 0.29) is 29.2 Å². The van der Waals surface area contributed by atoms with E-state index in [0.717, 1.165) is 19.3 Å². The molecule has 0 N–H and O–H groups in total. The molecule has 24 heavy (non-hydrogen) atoms. The number of rotatable bonds is 6. The summed E-state index contributed by atoms with van der Waals surface area (Å²) in [6.45, 7) is 11.8. The highest BCUT2D eigenvalue weighted by atomic mass is 32.2. The van der Waals surface area contributed by atoms with Gasteiger partial charge in [-0.15, -0.1) is 13.2 Å². The zero-order chi connectivity index (χ0) is 17.8. The van der Waals surface area contributed by atoms with Crippen LogP contribution in [-0.4, -0.2) is 43.1 Å². The van der Waals surface area contributed by atoms with Gasteiger partial charge in [-0.1, -0.05) is 26.0 Å². The fourth-order valence-electron chi connectivity index (χ4n) is 5.30. The molecule has 0 aromatic heterocycles. The van der Waals surface area contributed by atoms with E-state index in [1.54, 1.807) is 12.2 Å². The topological polar surface area (TPSA) is 63.7 Å². The van der Waals surface area contributed by atoms with Crippen LogP contribution in [0.25, 0.3) is 0 Å². The molecular weight excluding hydrogens is 326 g/mol.